The van der Waals surface area contributed by atoms with Crippen molar-refractivity contribution in [2.45, 2.75) is 32.9 Å². The van der Waals surface area contributed by atoms with Crippen LogP contribution >= 0.6 is 0 Å². The van der Waals surface area contributed by atoms with Crippen molar-refractivity contribution in [2.75, 3.05) is 0 Å². The third kappa shape index (κ3) is 1.85. The Morgan fingerprint density at radius 3 is 2.67 bits per heavy atom. The Kier molecular flexibility index (Phi) is 2.18. The molecule has 0 spiro atoms. The Labute approximate surface area is 72.8 Å². The minimum Gasteiger partial charge on any atom is -0.291 e. The molecule has 1 aromatic heterocycles. The van der Waals surface area contributed by atoms with Crippen molar-refractivity contribution in [1.29, 1.82) is 0 Å². The molecule has 0 amide bonds. The van der Waals surface area contributed by atoms with Gasteiger partial charge in [-0.15, -0.1) is 0 Å². The van der Waals surface area contributed by atoms with Crippen LogP contribution in [0.3, 0.4) is 0 Å². The first-order valence-corrected chi connectivity index (χ1v) is 3.90. The molecule has 0 fully saturated rings. The van der Waals surface area contributed by atoms with E-state index in [0.717, 1.165) is 0 Å². The Balaban J connectivity index is 2.86. The normalized spacial score (nSPS) is 11.2. The summed E-state index contributed by atoms with van der Waals surface area (Å²) < 4.78 is 1.66. The summed E-state index contributed by atoms with van der Waals surface area (Å²) in [4.78, 5) is 3.25. The van der Waals surface area contributed by atoms with Crippen LogP contribution < -0.4 is 0 Å². The SMILES string of the molecule is [C-]#[N+]Cn1cc(C(C)(C)C)cn1. The highest BCUT2D eigenvalue weighted by molar-refractivity contribution is 5.15. The predicted octanol–water partition coefficient (Wildman–Crippen LogP) is 2.06. The summed E-state index contributed by atoms with van der Waals surface area (Å²) in [6.45, 7) is 13.4. The molecule has 0 N–H and O–H groups in total. The Morgan fingerprint density at radius 1 is 1.58 bits per heavy atom. The average Bonchev–Trinajstić information content (AvgIpc) is 2.35. The van der Waals surface area contributed by atoms with Gasteiger partial charge in [-0.25, -0.2) is 11.3 Å². The highest BCUT2D eigenvalue weighted by atomic mass is 15.3. The third-order valence-corrected chi connectivity index (χ3v) is 1.71. The molecular weight excluding hydrogens is 150 g/mol. The van der Waals surface area contributed by atoms with E-state index in [1.54, 1.807) is 4.68 Å². The molecule has 1 aromatic rings. The predicted molar refractivity (Wildman–Crippen MR) is 47.5 cm³/mol. The van der Waals surface area contributed by atoms with Crippen LogP contribution in [0.2, 0.25) is 0 Å². The lowest BCUT2D eigenvalue weighted by Crippen LogP contribution is -2.09. The fourth-order valence-corrected chi connectivity index (χ4v) is 0.901. The van der Waals surface area contributed by atoms with Crippen molar-refractivity contribution in [3.8, 4) is 0 Å². The molecule has 0 saturated heterocycles. The van der Waals surface area contributed by atoms with Crippen molar-refractivity contribution >= 4 is 0 Å². The van der Waals surface area contributed by atoms with Crippen molar-refractivity contribution in [1.82, 2.24) is 9.78 Å². The Bertz CT molecular complexity index is 298. The molecule has 0 unspecified atom stereocenters. The van der Waals surface area contributed by atoms with Gasteiger partial charge in [0.15, 0.2) is 0 Å². The zero-order valence-electron chi connectivity index (χ0n) is 7.70. The lowest BCUT2D eigenvalue weighted by molar-refractivity contribution is 0.588. The lowest BCUT2D eigenvalue weighted by atomic mass is 9.90. The molecule has 0 aliphatic heterocycles. The van der Waals surface area contributed by atoms with Crippen LogP contribution in [0.15, 0.2) is 12.4 Å². The summed E-state index contributed by atoms with van der Waals surface area (Å²) in [5.41, 5.74) is 1.30. The zero-order valence-corrected chi connectivity index (χ0v) is 7.70. The van der Waals surface area contributed by atoms with Gasteiger partial charge in [0.2, 0.25) is 0 Å². The summed E-state index contributed by atoms with van der Waals surface area (Å²) in [5, 5.41) is 4.08. The number of nitrogens with zero attached hydrogens (tertiary/aromatic N) is 3. The minimum absolute atomic E-state index is 0.125. The zero-order chi connectivity index (χ0) is 9.19. The van der Waals surface area contributed by atoms with Crippen LogP contribution in [0, 0.1) is 6.57 Å². The molecule has 0 aliphatic rings. The molecule has 3 nitrogen and oxygen atoms in total. The van der Waals surface area contributed by atoms with Gasteiger partial charge >= 0.3 is 6.67 Å². The Morgan fingerprint density at radius 2 is 2.25 bits per heavy atom. The lowest BCUT2D eigenvalue weighted by Gasteiger charge is -2.14. The first-order valence-electron chi connectivity index (χ1n) is 3.90. The van der Waals surface area contributed by atoms with E-state index >= 15 is 0 Å². The highest BCUT2D eigenvalue weighted by Crippen LogP contribution is 2.20. The fourth-order valence-electron chi connectivity index (χ4n) is 0.901. The largest absolute Gasteiger partial charge is 0.307 e. The van der Waals surface area contributed by atoms with E-state index in [2.05, 4.69) is 30.7 Å². The molecule has 12 heavy (non-hydrogen) atoms. The second kappa shape index (κ2) is 2.98. The van der Waals surface area contributed by atoms with Gasteiger partial charge in [-0.05, 0) is 11.0 Å². The fraction of sp³-hybridized carbons (Fsp3) is 0.556. The Hall–Kier alpha value is -1.30. The number of rotatable bonds is 1. The first-order chi connectivity index (χ1) is 5.54. The quantitative estimate of drug-likeness (QED) is 0.581. The van der Waals surface area contributed by atoms with E-state index < -0.39 is 0 Å². The summed E-state index contributed by atoms with van der Waals surface area (Å²) in [7, 11) is 0. The van der Waals surface area contributed by atoms with E-state index in [-0.39, 0.29) is 5.41 Å². The van der Waals surface area contributed by atoms with Gasteiger partial charge in [-0.1, -0.05) is 20.8 Å². The van der Waals surface area contributed by atoms with Crippen LogP contribution in [0.1, 0.15) is 26.3 Å². The van der Waals surface area contributed by atoms with Gasteiger partial charge < -0.3 is 0 Å². The molecule has 3 heteroatoms. The topological polar surface area (TPSA) is 22.2 Å². The molecule has 0 radical (unpaired) electrons. The van der Waals surface area contributed by atoms with Gasteiger partial charge in [0.1, 0.15) is 0 Å². The smallest absolute Gasteiger partial charge is 0.291 e. The monoisotopic (exact) mass is 163 g/mol. The van der Waals surface area contributed by atoms with Gasteiger partial charge in [-0.3, -0.25) is 4.85 Å². The standard InChI is InChI=1S/C9H13N3/c1-9(2,3)8-5-11-12(6-8)7-10-4/h5-6H,7H2,1-3H3. The van der Waals surface area contributed by atoms with E-state index in [9.17, 15) is 0 Å². The summed E-state index contributed by atoms with van der Waals surface area (Å²) >= 11 is 0. The minimum atomic E-state index is 0.125. The van der Waals surface area contributed by atoms with Crippen molar-refractivity contribution in [3.63, 3.8) is 0 Å². The van der Waals surface area contributed by atoms with Crippen LogP contribution in [-0.4, -0.2) is 9.78 Å². The second-order valence-electron chi connectivity index (χ2n) is 3.82. The highest BCUT2D eigenvalue weighted by Gasteiger charge is 2.15. The van der Waals surface area contributed by atoms with Crippen molar-refractivity contribution < 1.29 is 0 Å². The van der Waals surface area contributed by atoms with Gasteiger partial charge in [0.05, 0.1) is 6.20 Å². The molecule has 64 valence electrons. The van der Waals surface area contributed by atoms with E-state index in [4.69, 9.17) is 6.57 Å². The van der Waals surface area contributed by atoms with Crippen LogP contribution in [0.5, 0.6) is 0 Å². The molecule has 1 heterocycles. The van der Waals surface area contributed by atoms with E-state index in [1.807, 2.05) is 12.4 Å². The summed E-state index contributed by atoms with van der Waals surface area (Å²) in [5.74, 6) is 0. The van der Waals surface area contributed by atoms with Gasteiger partial charge in [0, 0.05) is 6.20 Å². The third-order valence-electron chi connectivity index (χ3n) is 1.71. The molecule has 0 aromatic carbocycles. The number of hydrogen-bond donors (Lipinski definition) is 0. The van der Waals surface area contributed by atoms with Gasteiger partial charge in [-0.2, -0.15) is 5.10 Å². The average molecular weight is 163 g/mol. The molecule has 0 saturated carbocycles. The summed E-state index contributed by atoms with van der Waals surface area (Å²) in [6, 6.07) is 0. The van der Waals surface area contributed by atoms with Crippen molar-refractivity contribution in [2.24, 2.45) is 0 Å². The maximum Gasteiger partial charge on any atom is 0.307 e. The van der Waals surface area contributed by atoms with Gasteiger partial charge in [0.25, 0.3) is 0 Å². The van der Waals surface area contributed by atoms with Crippen LogP contribution in [0.4, 0.5) is 0 Å². The first kappa shape index (κ1) is 8.79. The van der Waals surface area contributed by atoms with Crippen LogP contribution in [-0.2, 0) is 12.1 Å². The van der Waals surface area contributed by atoms with E-state index in [0.29, 0.717) is 6.67 Å². The molecule has 1 rings (SSSR count). The second-order valence-corrected chi connectivity index (χ2v) is 3.82. The molecule has 0 aliphatic carbocycles. The summed E-state index contributed by atoms with van der Waals surface area (Å²) in [6.07, 6.45) is 3.75. The molecule has 0 atom stereocenters. The van der Waals surface area contributed by atoms with Crippen molar-refractivity contribution in [3.05, 3.63) is 29.4 Å². The van der Waals surface area contributed by atoms with E-state index in [1.165, 1.54) is 5.56 Å². The molecule has 0 bridgehead atoms. The number of aromatic nitrogens is 2. The molecular formula is C9H13N3. The maximum absolute atomic E-state index is 6.67. The maximum atomic E-state index is 6.67. The number of hydrogen-bond acceptors (Lipinski definition) is 1. The van der Waals surface area contributed by atoms with Crippen LogP contribution in [0.25, 0.3) is 4.85 Å².